The van der Waals surface area contributed by atoms with E-state index in [0.29, 0.717) is 11.9 Å². The molecule has 4 nitrogen and oxygen atoms in total. The van der Waals surface area contributed by atoms with E-state index >= 15 is 0 Å². The highest BCUT2D eigenvalue weighted by molar-refractivity contribution is 5.79. The molecule has 1 N–H and O–H groups in total. The fourth-order valence-electron chi connectivity index (χ4n) is 5.60. The minimum atomic E-state index is 0.268. The van der Waals surface area contributed by atoms with E-state index in [4.69, 9.17) is 10.00 Å². The zero-order valence-corrected chi connectivity index (χ0v) is 21.0. The molecule has 2 aliphatic rings. The van der Waals surface area contributed by atoms with Gasteiger partial charge in [-0.05, 0) is 60.3 Å². The summed E-state index contributed by atoms with van der Waals surface area (Å²) in [5, 5.41) is 12.1. The lowest BCUT2D eigenvalue weighted by atomic mass is 9.52. The first kappa shape index (κ1) is 27.6. The van der Waals surface area contributed by atoms with Gasteiger partial charge in [0, 0.05) is 12.0 Å². The number of nitriles is 1. The molecule has 0 saturated heterocycles. The lowest BCUT2D eigenvalue weighted by Crippen LogP contribution is -2.64. The van der Waals surface area contributed by atoms with Crippen LogP contribution in [0.5, 0.6) is 5.75 Å². The highest BCUT2D eigenvalue weighted by Crippen LogP contribution is 2.53. The molecule has 4 heteroatoms. The maximum atomic E-state index is 12.4. The molecule has 1 amide bonds. The van der Waals surface area contributed by atoms with Crippen molar-refractivity contribution in [3.63, 3.8) is 0 Å². The van der Waals surface area contributed by atoms with Gasteiger partial charge in [0.25, 0.3) is 0 Å². The number of benzene rings is 1. The number of ether oxygens (including phenoxy) is 1. The fraction of sp³-hybridized carbons (Fsp3) is 0.643. The van der Waals surface area contributed by atoms with Crippen molar-refractivity contribution in [1.82, 2.24) is 5.32 Å². The van der Waals surface area contributed by atoms with Gasteiger partial charge in [-0.3, -0.25) is 4.79 Å². The van der Waals surface area contributed by atoms with Crippen molar-refractivity contribution >= 4 is 5.91 Å². The van der Waals surface area contributed by atoms with Crippen LogP contribution in [0, 0.1) is 40.9 Å². The van der Waals surface area contributed by atoms with Crippen molar-refractivity contribution in [3.8, 4) is 24.7 Å². The van der Waals surface area contributed by atoms with Crippen molar-refractivity contribution in [1.29, 1.82) is 5.26 Å². The second-order valence-corrected chi connectivity index (χ2v) is 10.3. The quantitative estimate of drug-likeness (QED) is 0.445. The molecule has 2 aliphatic carbocycles. The number of methoxy groups -OCH3 is 1. The molecule has 0 aliphatic heterocycles. The van der Waals surface area contributed by atoms with Crippen molar-refractivity contribution < 1.29 is 9.53 Å². The number of rotatable bonds is 4. The zero-order chi connectivity index (χ0) is 24.4. The molecule has 0 radical (unpaired) electrons. The summed E-state index contributed by atoms with van der Waals surface area (Å²) in [6.45, 7) is 11.1. The van der Waals surface area contributed by atoms with Crippen LogP contribution in [0.4, 0.5) is 0 Å². The standard InChI is InChI=1S/C16H29NO.C10H11NO.C2H2/c1-15(2)11-16(3,4)14(15)17-13(18)12-9-7-5-6-8-10-12;1-3-8-6-10(12-2)5-4-9(8)7-11;1-2/h12,14H,5-11H2,1-4H3,(H,17,18);4-6H,3H2,1-2H3;1-2H. The van der Waals surface area contributed by atoms with Gasteiger partial charge in [0.15, 0.2) is 0 Å². The van der Waals surface area contributed by atoms with Crippen LogP contribution in [-0.4, -0.2) is 19.1 Å². The zero-order valence-electron chi connectivity index (χ0n) is 21.0. The molecule has 0 bridgehead atoms. The van der Waals surface area contributed by atoms with Crippen LogP contribution in [0.25, 0.3) is 0 Å². The summed E-state index contributed by atoms with van der Waals surface area (Å²) >= 11 is 0. The monoisotopic (exact) mass is 438 g/mol. The highest BCUT2D eigenvalue weighted by Gasteiger charge is 2.53. The number of hydrogen-bond acceptors (Lipinski definition) is 3. The van der Waals surface area contributed by atoms with Crippen molar-refractivity contribution in [2.75, 3.05) is 7.11 Å². The third kappa shape index (κ3) is 7.30. The van der Waals surface area contributed by atoms with E-state index < -0.39 is 0 Å². The number of terminal acetylenes is 1. The van der Waals surface area contributed by atoms with E-state index in [1.807, 2.05) is 13.0 Å². The minimum Gasteiger partial charge on any atom is -0.497 e. The third-order valence-corrected chi connectivity index (χ3v) is 6.80. The molecular formula is C28H42N2O2. The normalized spacial score (nSPS) is 19.3. The number of aryl methyl sites for hydroxylation is 1. The van der Waals surface area contributed by atoms with Crippen LogP contribution in [0.3, 0.4) is 0 Å². The first-order valence-corrected chi connectivity index (χ1v) is 11.9. The van der Waals surface area contributed by atoms with Gasteiger partial charge >= 0.3 is 0 Å². The van der Waals surface area contributed by atoms with Gasteiger partial charge in [0.05, 0.1) is 18.7 Å². The molecule has 0 aromatic heterocycles. The molecule has 3 rings (SSSR count). The van der Waals surface area contributed by atoms with Crippen LogP contribution >= 0.6 is 0 Å². The highest BCUT2D eigenvalue weighted by atomic mass is 16.5. The molecule has 0 atom stereocenters. The second kappa shape index (κ2) is 12.5. The topological polar surface area (TPSA) is 62.1 Å². The van der Waals surface area contributed by atoms with E-state index in [1.165, 1.54) is 32.1 Å². The van der Waals surface area contributed by atoms with E-state index in [1.54, 1.807) is 19.2 Å². The minimum absolute atomic E-state index is 0.268. The van der Waals surface area contributed by atoms with Crippen LogP contribution in [-0.2, 0) is 11.2 Å². The molecule has 0 unspecified atom stereocenters. The first-order valence-electron chi connectivity index (χ1n) is 11.9. The molecule has 2 fully saturated rings. The van der Waals surface area contributed by atoms with Gasteiger partial charge in [0.1, 0.15) is 5.75 Å². The van der Waals surface area contributed by atoms with E-state index in [2.05, 4.69) is 51.9 Å². The number of carbonyl (C=O) groups excluding carboxylic acids is 1. The van der Waals surface area contributed by atoms with E-state index in [-0.39, 0.29) is 16.7 Å². The van der Waals surface area contributed by atoms with Gasteiger partial charge in [0.2, 0.25) is 5.91 Å². The molecule has 1 aromatic rings. The summed E-state index contributed by atoms with van der Waals surface area (Å²) in [4.78, 5) is 12.4. The molecule has 32 heavy (non-hydrogen) atoms. The van der Waals surface area contributed by atoms with Gasteiger partial charge in [-0.1, -0.05) is 60.3 Å². The Morgan fingerprint density at radius 2 is 1.69 bits per heavy atom. The SMILES string of the molecule is C#C.CC1(C)CC(C)(C)C1NC(=O)C1CCCCCC1.CCc1cc(OC)ccc1C#N. The Kier molecular flexibility index (Phi) is 10.8. The van der Waals surface area contributed by atoms with Crippen LogP contribution in [0.2, 0.25) is 0 Å². The summed E-state index contributed by atoms with van der Waals surface area (Å²) in [7, 11) is 1.63. The number of nitrogens with one attached hydrogen (secondary N) is 1. The maximum Gasteiger partial charge on any atom is 0.223 e. The Morgan fingerprint density at radius 3 is 2.12 bits per heavy atom. The largest absolute Gasteiger partial charge is 0.497 e. The van der Waals surface area contributed by atoms with Crippen LogP contribution in [0.15, 0.2) is 18.2 Å². The lowest BCUT2D eigenvalue weighted by molar-refractivity contribution is -0.133. The van der Waals surface area contributed by atoms with Crippen molar-refractivity contribution in [2.24, 2.45) is 16.7 Å². The average molecular weight is 439 g/mol. The first-order chi connectivity index (χ1) is 15.1. The van der Waals surface area contributed by atoms with Gasteiger partial charge in [-0.15, -0.1) is 12.8 Å². The summed E-state index contributed by atoms with van der Waals surface area (Å²) in [6, 6.07) is 7.98. The Hall–Kier alpha value is -2.46. The van der Waals surface area contributed by atoms with Crippen molar-refractivity contribution in [3.05, 3.63) is 29.3 Å². The van der Waals surface area contributed by atoms with E-state index in [0.717, 1.165) is 36.1 Å². The number of hydrogen-bond donors (Lipinski definition) is 1. The summed E-state index contributed by atoms with van der Waals surface area (Å²) in [5.74, 6) is 1.41. The molecule has 0 heterocycles. The third-order valence-electron chi connectivity index (χ3n) is 6.80. The average Bonchev–Trinajstić information content (AvgIpc) is 3.07. The predicted molar refractivity (Wildman–Crippen MR) is 132 cm³/mol. The Labute approximate surface area is 196 Å². The molecule has 1 aromatic carbocycles. The number of amides is 1. The Balaban J connectivity index is 0.000000318. The summed E-state index contributed by atoms with van der Waals surface area (Å²) in [6.07, 6.45) is 17.3. The second-order valence-electron chi connectivity index (χ2n) is 10.3. The Morgan fingerprint density at radius 1 is 1.12 bits per heavy atom. The van der Waals surface area contributed by atoms with Gasteiger partial charge in [-0.2, -0.15) is 5.26 Å². The predicted octanol–water partition coefficient (Wildman–Crippen LogP) is 6.28. The van der Waals surface area contributed by atoms with Gasteiger partial charge in [-0.25, -0.2) is 0 Å². The van der Waals surface area contributed by atoms with Crippen LogP contribution in [0.1, 0.15) is 90.7 Å². The molecule has 0 spiro atoms. The molecule has 2 saturated carbocycles. The van der Waals surface area contributed by atoms with Crippen LogP contribution < -0.4 is 10.1 Å². The number of nitrogens with zero attached hydrogens (tertiary/aromatic N) is 1. The Bertz CT molecular complexity index is 779. The molecule has 176 valence electrons. The summed E-state index contributed by atoms with van der Waals surface area (Å²) in [5.41, 5.74) is 2.31. The van der Waals surface area contributed by atoms with Gasteiger partial charge < -0.3 is 10.1 Å². The van der Waals surface area contributed by atoms with E-state index in [9.17, 15) is 4.79 Å². The number of carbonyl (C=O) groups is 1. The smallest absolute Gasteiger partial charge is 0.223 e. The maximum absolute atomic E-state index is 12.4. The fourth-order valence-corrected chi connectivity index (χ4v) is 5.60. The molecular weight excluding hydrogens is 396 g/mol. The lowest BCUT2D eigenvalue weighted by Gasteiger charge is -2.58. The van der Waals surface area contributed by atoms with Crippen molar-refractivity contribution in [2.45, 2.75) is 92.0 Å². The summed E-state index contributed by atoms with van der Waals surface area (Å²) < 4.78 is 5.05.